The lowest BCUT2D eigenvalue weighted by molar-refractivity contribution is -0.143. The van der Waals surface area contributed by atoms with Gasteiger partial charge in [0.15, 0.2) is 0 Å². The van der Waals surface area contributed by atoms with Gasteiger partial charge in [0.2, 0.25) is 0 Å². The Morgan fingerprint density at radius 1 is 1.05 bits per heavy atom. The van der Waals surface area contributed by atoms with Crippen molar-refractivity contribution in [1.29, 1.82) is 0 Å². The zero-order valence-corrected chi connectivity index (χ0v) is 22.6. The van der Waals surface area contributed by atoms with Crippen LogP contribution in [0.15, 0.2) is 55.0 Å². The number of aliphatic hydroxyl groups is 1. The fourth-order valence-corrected chi connectivity index (χ4v) is 5.59. The number of nitrogens with one attached hydrogen (secondary N) is 1. The van der Waals surface area contributed by atoms with E-state index >= 15 is 0 Å². The molecule has 1 aliphatic heterocycles. The largest absolute Gasteiger partial charge is 0.384 e. The summed E-state index contributed by atoms with van der Waals surface area (Å²) in [6.07, 6.45) is 8.17. The molecule has 206 valence electrons. The number of nitrogen functional groups attached to an aromatic ring is 1. The van der Waals surface area contributed by atoms with Crippen LogP contribution in [-0.4, -0.2) is 59.9 Å². The molecule has 2 fully saturated rings. The average molecular weight is 540 g/mol. The van der Waals surface area contributed by atoms with E-state index in [1.807, 2.05) is 41.8 Å². The van der Waals surface area contributed by atoms with Crippen molar-refractivity contribution in [2.45, 2.75) is 63.5 Å². The number of carbonyl (C=O) groups excluding carboxylic acids is 2. The normalized spacial score (nSPS) is 19.9. The summed E-state index contributed by atoms with van der Waals surface area (Å²) in [6, 6.07) is 11.2. The number of aromatic nitrogens is 4. The lowest BCUT2D eigenvalue weighted by Gasteiger charge is -2.38. The lowest BCUT2D eigenvalue weighted by atomic mass is 9.92. The van der Waals surface area contributed by atoms with E-state index in [2.05, 4.69) is 15.3 Å². The molecule has 2 amide bonds. The van der Waals surface area contributed by atoms with E-state index in [1.165, 1.54) is 25.3 Å². The Morgan fingerprint density at radius 3 is 2.52 bits per heavy atom. The van der Waals surface area contributed by atoms with Crippen LogP contribution >= 0.6 is 0 Å². The predicted molar refractivity (Wildman–Crippen MR) is 152 cm³/mol. The van der Waals surface area contributed by atoms with E-state index in [4.69, 9.17) is 10.7 Å². The van der Waals surface area contributed by atoms with Crippen molar-refractivity contribution in [1.82, 2.24) is 24.3 Å². The van der Waals surface area contributed by atoms with Gasteiger partial charge in [-0.25, -0.2) is 15.0 Å². The maximum absolute atomic E-state index is 12.9. The van der Waals surface area contributed by atoms with Crippen LogP contribution in [0.25, 0.3) is 16.8 Å². The number of rotatable bonds is 6. The zero-order valence-electron chi connectivity index (χ0n) is 22.6. The van der Waals surface area contributed by atoms with E-state index in [0.29, 0.717) is 40.9 Å². The topological polar surface area (TPSA) is 139 Å². The van der Waals surface area contributed by atoms with Crippen LogP contribution < -0.4 is 11.1 Å². The molecular weight excluding hydrogens is 506 g/mol. The second-order valence-corrected chi connectivity index (χ2v) is 10.9. The summed E-state index contributed by atoms with van der Waals surface area (Å²) >= 11 is 0. The minimum Gasteiger partial charge on any atom is -0.384 e. The summed E-state index contributed by atoms with van der Waals surface area (Å²) < 4.78 is 1.95. The van der Waals surface area contributed by atoms with E-state index in [1.54, 1.807) is 29.4 Å². The van der Waals surface area contributed by atoms with Crippen LogP contribution in [0.5, 0.6) is 0 Å². The zero-order chi connectivity index (χ0) is 28.0. The number of nitrogens with two attached hydrogens (primary N) is 1. The molecule has 3 atom stereocenters. The summed E-state index contributed by atoms with van der Waals surface area (Å²) in [5, 5.41) is 12.8. The third kappa shape index (κ3) is 4.90. The van der Waals surface area contributed by atoms with Crippen LogP contribution in [0, 0.1) is 0 Å². The first-order valence-electron chi connectivity index (χ1n) is 13.8. The Morgan fingerprint density at radius 2 is 1.80 bits per heavy atom. The smallest absolute Gasteiger partial charge is 0.256 e. The number of nitrogens with zero attached hydrogens (tertiary/aromatic N) is 5. The van der Waals surface area contributed by atoms with Gasteiger partial charge in [-0.05, 0) is 75.3 Å². The van der Waals surface area contributed by atoms with Gasteiger partial charge in [0.05, 0.1) is 0 Å². The summed E-state index contributed by atoms with van der Waals surface area (Å²) in [5.41, 5.74) is 10.2. The molecule has 4 aromatic rings. The second kappa shape index (κ2) is 10.3. The molecule has 10 nitrogen and oxygen atoms in total. The van der Waals surface area contributed by atoms with Crippen LogP contribution in [-0.2, 0) is 4.79 Å². The molecule has 0 spiro atoms. The average Bonchev–Trinajstić information content (AvgIpc) is 3.74. The Hall–Kier alpha value is -4.31. The first-order valence-corrected chi connectivity index (χ1v) is 13.8. The van der Waals surface area contributed by atoms with Gasteiger partial charge >= 0.3 is 0 Å². The van der Waals surface area contributed by atoms with Gasteiger partial charge in [-0.3, -0.25) is 14.0 Å². The van der Waals surface area contributed by atoms with Gasteiger partial charge in [0, 0.05) is 48.2 Å². The Labute approximate surface area is 232 Å². The Bertz CT molecular complexity index is 1580. The highest BCUT2D eigenvalue weighted by Crippen LogP contribution is 2.40. The van der Waals surface area contributed by atoms with Gasteiger partial charge in [0.25, 0.3) is 11.8 Å². The summed E-state index contributed by atoms with van der Waals surface area (Å²) in [4.78, 5) is 41.0. The minimum atomic E-state index is -1.05. The lowest BCUT2D eigenvalue weighted by Crippen LogP contribution is -2.48. The van der Waals surface area contributed by atoms with Crippen molar-refractivity contribution in [2.75, 3.05) is 17.6 Å². The van der Waals surface area contributed by atoms with Crippen molar-refractivity contribution in [3.8, 4) is 11.3 Å². The molecule has 1 saturated carbocycles. The third-order valence-corrected chi connectivity index (χ3v) is 7.99. The number of benzene rings is 1. The first-order chi connectivity index (χ1) is 19.3. The van der Waals surface area contributed by atoms with Crippen LogP contribution in [0.3, 0.4) is 0 Å². The molecule has 0 bridgehead atoms. The van der Waals surface area contributed by atoms with Gasteiger partial charge in [-0.2, -0.15) is 0 Å². The standard InChI is InChI=1S/C30H33N7O3/c1-17-3-4-23(16-37(17)30(40)18(2)38)28-35-25(26-27(31)33-13-14-36(26)28)20-7-9-21(10-8-20)29(39)34-24-15-22(11-12-32-24)19-5-6-19/h7-15,17-19,23,38H,3-6,16H2,1-2H3,(H2,31,33)(H,32,34,39). The minimum absolute atomic E-state index is 0.0362. The fraction of sp³-hybridized carbons (Fsp3) is 0.367. The van der Waals surface area contributed by atoms with Gasteiger partial charge in [-0.1, -0.05) is 12.1 Å². The molecule has 1 aliphatic carbocycles. The number of piperidine rings is 1. The van der Waals surface area contributed by atoms with Crippen molar-refractivity contribution in [3.63, 3.8) is 0 Å². The van der Waals surface area contributed by atoms with Crippen molar-refractivity contribution >= 4 is 29.0 Å². The molecule has 4 N–H and O–H groups in total. The molecular formula is C30H33N7O3. The van der Waals surface area contributed by atoms with Crippen molar-refractivity contribution < 1.29 is 14.7 Å². The molecule has 6 rings (SSSR count). The van der Waals surface area contributed by atoms with Gasteiger partial charge < -0.3 is 21.1 Å². The van der Waals surface area contributed by atoms with E-state index in [-0.39, 0.29) is 23.8 Å². The summed E-state index contributed by atoms with van der Waals surface area (Å²) in [6.45, 7) is 3.96. The fourth-order valence-electron chi connectivity index (χ4n) is 5.59. The highest BCUT2D eigenvalue weighted by molar-refractivity contribution is 6.04. The predicted octanol–water partition coefficient (Wildman–Crippen LogP) is 3.98. The van der Waals surface area contributed by atoms with Crippen LogP contribution in [0.4, 0.5) is 11.6 Å². The van der Waals surface area contributed by atoms with E-state index in [0.717, 1.165) is 24.2 Å². The number of hydrogen-bond donors (Lipinski definition) is 3. The number of aliphatic hydroxyl groups excluding tert-OH is 1. The molecule has 2 aliphatic rings. The number of carbonyl (C=O) groups is 2. The highest BCUT2D eigenvalue weighted by atomic mass is 16.3. The second-order valence-electron chi connectivity index (χ2n) is 10.9. The Balaban J connectivity index is 1.28. The number of amides is 2. The third-order valence-electron chi connectivity index (χ3n) is 7.99. The number of fused-ring (bicyclic) bond motifs is 1. The molecule has 1 saturated heterocycles. The molecule has 0 radical (unpaired) electrons. The molecule has 3 aromatic heterocycles. The van der Waals surface area contributed by atoms with Gasteiger partial charge in [0.1, 0.15) is 34.8 Å². The number of likely N-dealkylation sites (tertiary alicyclic amines) is 1. The maximum Gasteiger partial charge on any atom is 0.256 e. The first kappa shape index (κ1) is 25.9. The molecule has 1 aromatic carbocycles. The van der Waals surface area contributed by atoms with Crippen molar-refractivity contribution in [2.24, 2.45) is 0 Å². The summed E-state index contributed by atoms with van der Waals surface area (Å²) in [7, 11) is 0. The number of imidazole rings is 1. The van der Waals surface area contributed by atoms with Crippen LogP contribution in [0.2, 0.25) is 0 Å². The van der Waals surface area contributed by atoms with Gasteiger partial charge in [-0.15, -0.1) is 0 Å². The van der Waals surface area contributed by atoms with Crippen molar-refractivity contribution in [3.05, 3.63) is 71.9 Å². The molecule has 3 unspecified atom stereocenters. The monoisotopic (exact) mass is 539 g/mol. The van der Waals surface area contributed by atoms with E-state index < -0.39 is 6.10 Å². The molecule has 40 heavy (non-hydrogen) atoms. The number of pyridine rings is 1. The number of anilines is 2. The molecule has 4 heterocycles. The molecule has 10 heteroatoms. The summed E-state index contributed by atoms with van der Waals surface area (Å²) in [5.74, 6) is 1.72. The maximum atomic E-state index is 12.9. The SMILES string of the molecule is CC(O)C(=O)N1CC(c2nc(-c3ccc(C(=O)Nc4cc(C5CC5)ccn4)cc3)c3c(N)nccn23)CCC1C. The highest BCUT2D eigenvalue weighted by Gasteiger charge is 2.34. The Kier molecular flexibility index (Phi) is 6.71. The number of hydrogen-bond acceptors (Lipinski definition) is 7. The van der Waals surface area contributed by atoms with E-state index in [9.17, 15) is 14.7 Å². The quantitative estimate of drug-likeness (QED) is 0.337. The van der Waals surface area contributed by atoms with Crippen LogP contribution in [0.1, 0.15) is 73.1 Å².